The Morgan fingerprint density at radius 2 is 1.57 bits per heavy atom. The van der Waals surface area contributed by atoms with Crippen molar-refractivity contribution in [2.24, 2.45) is 0 Å². The van der Waals surface area contributed by atoms with Crippen molar-refractivity contribution in [3.05, 3.63) is 63.7 Å². The molecule has 0 aromatic heterocycles. The number of aliphatic hydroxyl groups excluding tert-OH is 1. The zero-order chi connectivity index (χ0) is 15.6. The zero-order valence-corrected chi connectivity index (χ0v) is 13.5. The van der Waals surface area contributed by atoms with Gasteiger partial charge in [-0.3, -0.25) is 0 Å². The van der Waals surface area contributed by atoms with Gasteiger partial charge in [0.25, 0.3) is 0 Å². The third kappa shape index (κ3) is 3.11. The predicted octanol–water partition coefficient (Wildman–Crippen LogP) is 4.20. The van der Waals surface area contributed by atoms with Gasteiger partial charge in [-0.05, 0) is 67.1 Å². The molecule has 2 aromatic rings. The maximum atomic E-state index is 10.7. The molecule has 1 atom stereocenters. The van der Waals surface area contributed by atoms with Crippen LogP contribution >= 0.6 is 0 Å². The molecule has 0 bridgehead atoms. The summed E-state index contributed by atoms with van der Waals surface area (Å²) in [4.78, 5) is 0. The van der Waals surface area contributed by atoms with Crippen LogP contribution < -0.4 is 4.74 Å². The standard InChI is InChI=1S/C19H24O2/c1-12-10-13(2)15(4)19(14(12)3)17(20)11-16-8-6-7-9-18(16)21-5/h6-10,17,20H,11H2,1-5H3. The number of hydrogen-bond acceptors (Lipinski definition) is 2. The quantitative estimate of drug-likeness (QED) is 0.911. The highest BCUT2D eigenvalue weighted by atomic mass is 16.5. The molecule has 2 aromatic carbocycles. The van der Waals surface area contributed by atoms with Crippen LogP contribution in [0.3, 0.4) is 0 Å². The van der Waals surface area contributed by atoms with Crippen LogP contribution in [0.4, 0.5) is 0 Å². The molecule has 2 rings (SSSR count). The molecule has 0 aliphatic heterocycles. The van der Waals surface area contributed by atoms with Gasteiger partial charge in [0.15, 0.2) is 0 Å². The highest BCUT2D eigenvalue weighted by molar-refractivity contribution is 5.46. The lowest BCUT2D eigenvalue weighted by molar-refractivity contribution is 0.175. The van der Waals surface area contributed by atoms with E-state index in [1.54, 1.807) is 7.11 Å². The molecule has 0 heterocycles. The number of hydrogen-bond donors (Lipinski definition) is 1. The molecule has 1 N–H and O–H groups in total. The van der Waals surface area contributed by atoms with Crippen LogP contribution in [0.1, 0.15) is 39.5 Å². The fraction of sp³-hybridized carbons (Fsp3) is 0.368. The second kappa shape index (κ2) is 6.31. The summed E-state index contributed by atoms with van der Waals surface area (Å²) < 4.78 is 5.38. The normalized spacial score (nSPS) is 12.3. The Kier molecular flexibility index (Phi) is 4.69. The van der Waals surface area contributed by atoms with Gasteiger partial charge < -0.3 is 9.84 Å². The summed E-state index contributed by atoms with van der Waals surface area (Å²) in [5.41, 5.74) is 6.91. The van der Waals surface area contributed by atoms with E-state index in [9.17, 15) is 5.11 Å². The second-order valence-electron chi connectivity index (χ2n) is 5.71. The number of para-hydroxylation sites is 1. The molecule has 2 heteroatoms. The van der Waals surface area contributed by atoms with Crippen molar-refractivity contribution in [3.63, 3.8) is 0 Å². The summed E-state index contributed by atoms with van der Waals surface area (Å²) >= 11 is 0. The number of benzene rings is 2. The molecule has 21 heavy (non-hydrogen) atoms. The third-order valence-corrected chi connectivity index (χ3v) is 4.36. The Hall–Kier alpha value is -1.80. The van der Waals surface area contributed by atoms with Gasteiger partial charge in [-0.25, -0.2) is 0 Å². The fourth-order valence-corrected chi connectivity index (χ4v) is 2.93. The number of ether oxygens (including phenoxy) is 1. The Labute approximate surface area is 127 Å². The molecule has 1 unspecified atom stereocenters. The molecular formula is C19H24O2. The number of rotatable bonds is 4. The first-order valence-electron chi connectivity index (χ1n) is 7.33. The molecular weight excluding hydrogens is 260 g/mol. The molecule has 2 nitrogen and oxygen atoms in total. The lowest BCUT2D eigenvalue weighted by Crippen LogP contribution is -2.09. The van der Waals surface area contributed by atoms with Gasteiger partial charge in [0, 0.05) is 6.42 Å². The van der Waals surface area contributed by atoms with Gasteiger partial charge in [-0.15, -0.1) is 0 Å². The maximum absolute atomic E-state index is 10.7. The molecule has 0 spiro atoms. The first-order valence-corrected chi connectivity index (χ1v) is 7.33. The van der Waals surface area contributed by atoms with Crippen molar-refractivity contribution in [2.45, 2.75) is 40.2 Å². The van der Waals surface area contributed by atoms with Crippen LogP contribution in [0.15, 0.2) is 30.3 Å². The van der Waals surface area contributed by atoms with Crippen LogP contribution in [0, 0.1) is 27.7 Å². The van der Waals surface area contributed by atoms with Gasteiger partial charge in [0.1, 0.15) is 5.75 Å². The molecule has 0 aliphatic carbocycles. The lowest BCUT2D eigenvalue weighted by atomic mass is 9.88. The first kappa shape index (κ1) is 15.6. The van der Waals surface area contributed by atoms with E-state index < -0.39 is 6.10 Å². The summed E-state index contributed by atoms with van der Waals surface area (Å²) in [7, 11) is 1.67. The van der Waals surface area contributed by atoms with Crippen molar-refractivity contribution in [1.82, 2.24) is 0 Å². The van der Waals surface area contributed by atoms with E-state index in [-0.39, 0.29) is 0 Å². The van der Waals surface area contributed by atoms with Gasteiger partial charge in [-0.1, -0.05) is 24.3 Å². The van der Waals surface area contributed by atoms with Crippen LogP contribution in [-0.4, -0.2) is 12.2 Å². The van der Waals surface area contributed by atoms with Crippen LogP contribution in [0.2, 0.25) is 0 Å². The second-order valence-corrected chi connectivity index (χ2v) is 5.71. The van der Waals surface area contributed by atoms with Crippen LogP contribution in [0.25, 0.3) is 0 Å². The summed E-state index contributed by atoms with van der Waals surface area (Å²) in [5, 5.41) is 10.7. The average molecular weight is 284 g/mol. The van der Waals surface area contributed by atoms with E-state index in [2.05, 4.69) is 33.8 Å². The highest BCUT2D eigenvalue weighted by Crippen LogP contribution is 2.31. The Morgan fingerprint density at radius 3 is 2.14 bits per heavy atom. The molecule has 0 saturated carbocycles. The van der Waals surface area contributed by atoms with Gasteiger partial charge in [0.05, 0.1) is 13.2 Å². The summed E-state index contributed by atoms with van der Waals surface area (Å²) in [6.07, 6.45) is 0.0501. The zero-order valence-electron chi connectivity index (χ0n) is 13.5. The van der Waals surface area contributed by atoms with Crippen molar-refractivity contribution in [1.29, 1.82) is 0 Å². The lowest BCUT2D eigenvalue weighted by Gasteiger charge is -2.21. The average Bonchev–Trinajstić information content (AvgIpc) is 2.46. The molecule has 0 saturated heterocycles. The minimum absolute atomic E-state index is 0.514. The highest BCUT2D eigenvalue weighted by Gasteiger charge is 2.18. The van der Waals surface area contributed by atoms with Gasteiger partial charge in [0.2, 0.25) is 0 Å². The molecule has 0 fully saturated rings. The van der Waals surface area contributed by atoms with E-state index in [1.807, 2.05) is 24.3 Å². The first-order chi connectivity index (χ1) is 9.95. The Morgan fingerprint density at radius 1 is 1.00 bits per heavy atom. The molecule has 112 valence electrons. The van der Waals surface area contributed by atoms with E-state index in [0.717, 1.165) is 16.9 Å². The smallest absolute Gasteiger partial charge is 0.122 e. The summed E-state index contributed by atoms with van der Waals surface area (Å²) in [6, 6.07) is 10.1. The molecule has 0 aliphatic rings. The Balaban J connectivity index is 2.39. The van der Waals surface area contributed by atoms with E-state index >= 15 is 0 Å². The molecule has 0 amide bonds. The number of methoxy groups -OCH3 is 1. The number of aryl methyl sites for hydroxylation is 2. The fourth-order valence-electron chi connectivity index (χ4n) is 2.93. The SMILES string of the molecule is COc1ccccc1CC(O)c1c(C)c(C)cc(C)c1C. The van der Waals surface area contributed by atoms with Crippen LogP contribution in [0.5, 0.6) is 5.75 Å². The summed E-state index contributed by atoms with van der Waals surface area (Å²) in [5.74, 6) is 0.830. The monoisotopic (exact) mass is 284 g/mol. The van der Waals surface area contributed by atoms with Crippen molar-refractivity contribution >= 4 is 0 Å². The Bertz CT molecular complexity index is 618. The minimum atomic E-state index is -0.514. The summed E-state index contributed by atoms with van der Waals surface area (Å²) in [6.45, 7) is 8.37. The maximum Gasteiger partial charge on any atom is 0.122 e. The van der Waals surface area contributed by atoms with Gasteiger partial charge >= 0.3 is 0 Å². The van der Waals surface area contributed by atoms with Crippen molar-refractivity contribution in [3.8, 4) is 5.75 Å². The molecule has 0 radical (unpaired) electrons. The largest absolute Gasteiger partial charge is 0.496 e. The van der Waals surface area contributed by atoms with E-state index in [4.69, 9.17) is 4.74 Å². The van der Waals surface area contributed by atoms with E-state index in [1.165, 1.54) is 22.3 Å². The minimum Gasteiger partial charge on any atom is -0.496 e. The van der Waals surface area contributed by atoms with Crippen LogP contribution in [-0.2, 0) is 6.42 Å². The van der Waals surface area contributed by atoms with Crippen molar-refractivity contribution in [2.75, 3.05) is 7.11 Å². The third-order valence-electron chi connectivity index (χ3n) is 4.36. The van der Waals surface area contributed by atoms with Crippen molar-refractivity contribution < 1.29 is 9.84 Å². The van der Waals surface area contributed by atoms with E-state index in [0.29, 0.717) is 6.42 Å². The number of aliphatic hydroxyl groups is 1. The topological polar surface area (TPSA) is 29.5 Å². The predicted molar refractivity (Wildman–Crippen MR) is 87.0 cm³/mol. The van der Waals surface area contributed by atoms with Gasteiger partial charge in [-0.2, -0.15) is 0 Å².